The minimum atomic E-state index is -0.101. The Labute approximate surface area is 125 Å². The van der Waals surface area contributed by atoms with E-state index in [0.717, 1.165) is 25.2 Å². The third-order valence-corrected chi connectivity index (χ3v) is 4.05. The van der Waals surface area contributed by atoms with Crippen LogP contribution in [0.2, 0.25) is 0 Å². The number of imidazole rings is 1. The van der Waals surface area contributed by atoms with Crippen LogP contribution in [-0.4, -0.2) is 46.4 Å². The van der Waals surface area contributed by atoms with Crippen LogP contribution in [0.1, 0.15) is 36.3 Å². The van der Waals surface area contributed by atoms with Crippen molar-refractivity contribution in [2.75, 3.05) is 26.2 Å². The number of hydrogen-bond acceptors (Lipinski definition) is 3. The average molecular weight is 286 g/mol. The lowest BCUT2D eigenvalue weighted by Crippen LogP contribution is -2.36. The molecule has 21 heavy (non-hydrogen) atoms. The monoisotopic (exact) mass is 286 g/mol. The first-order valence-electron chi connectivity index (χ1n) is 7.77. The minimum Gasteiger partial charge on any atom is -0.348 e. The van der Waals surface area contributed by atoms with Gasteiger partial charge in [-0.05, 0) is 38.1 Å². The Hall–Kier alpha value is -1.88. The zero-order valence-electron chi connectivity index (χ0n) is 12.3. The highest BCUT2D eigenvalue weighted by Gasteiger charge is 2.13. The number of nitrogens with one attached hydrogen (secondary N) is 1. The number of amides is 1. The van der Waals surface area contributed by atoms with E-state index in [-0.39, 0.29) is 5.91 Å². The van der Waals surface area contributed by atoms with Crippen LogP contribution in [0.4, 0.5) is 0 Å². The second-order valence-corrected chi connectivity index (χ2v) is 5.59. The maximum atomic E-state index is 12.2. The van der Waals surface area contributed by atoms with E-state index in [2.05, 4.69) is 15.2 Å². The molecule has 2 aromatic heterocycles. The van der Waals surface area contributed by atoms with E-state index in [0.29, 0.717) is 12.4 Å². The highest BCUT2D eigenvalue weighted by molar-refractivity contribution is 5.91. The van der Waals surface area contributed by atoms with Crippen LogP contribution in [0.15, 0.2) is 30.6 Å². The summed E-state index contributed by atoms with van der Waals surface area (Å²) in [4.78, 5) is 18.9. The molecule has 0 radical (unpaired) electrons. The number of carbonyl (C=O) groups excluding carboxylic acids is 1. The summed E-state index contributed by atoms with van der Waals surface area (Å²) in [5.41, 5.74) is 0.940. The molecule has 1 saturated heterocycles. The van der Waals surface area contributed by atoms with Gasteiger partial charge in [-0.15, -0.1) is 0 Å². The normalized spacial score (nSPS) is 16.8. The van der Waals surface area contributed by atoms with E-state index in [4.69, 9.17) is 0 Å². The summed E-state index contributed by atoms with van der Waals surface area (Å²) in [6.45, 7) is 3.92. The Morgan fingerprint density at radius 3 is 2.81 bits per heavy atom. The lowest BCUT2D eigenvalue weighted by Gasteiger charge is -2.19. The second-order valence-electron chi connectivity index (χ2n) is 5.59. The fourth-order valence-corrected chi connectivity index (χ4v) is 2.88. The molecule has 1 N–H and O–H groups in total. The third kappa shape index (κ3) is 3.42. The molecule has 1 aliphatic heterocycles. The number of aromatic nitrogens is 2. The third-order valence-electron chi connectivity index (χ3n) is 4.05. The van der Waals surface area contributed by atoms with Crippen LogP contribution in [0, 0.1) is 0 Å². The van der Waals surface area contributed by atoms with Crippen molar-refractivity contribution < 1.29 is 4.79 Å². The van der Waals surface area contributed by atoms with Gasteiger partial charge < -0.3 is 10.2 Å². The predicted octanol–water partition coefficient (Wildman–Crippen LogP) is 1.94. The molecular weight excluding hydrogens is 264 g/mol. The average Bonchev–Trinajstić information content (AvgIpc) is 2.77. The Bertz CT molecular complexity index is 599. The molecule has 0 bridgehead atoms. The number of likely N-dealkylation sites (tertiary alicyclic amines) is 1. The van der Waals surface area contributed by atoms with Gasteiger partial charge in [0.2, 0.25) is 5.82 Å². The molecule has 0 saturated carbocycles. The van der Waals surface area contributed by atoms with Gasteiger partial charge in [-0.1, -0.05) is 18.9 Å². The summed E-state index contributed by atoms with van der Waals surface area (Å²) >= 11 is 0. The molecule has 5 nitrogen and oxygen atoms in total. The highest BCUT2D eigenvalue weighted by atomic mass is 16.2. The van der Waals surface area contributed by atoms with Crippen molar-refractivity contribution >= 4 is 11.4 Å². The van der Waals surface area contributed by atoms with E-state index >= 15 is 0 Å². The molecule has 0 atom stereocenters. The molecule has 0 aliphatic carbocycles. The number of nitrogens with zero attached hydrogens (tertiary/aromatic N) is 3. The molecular formula is C16H22N4O. The maximum Gasteiger partial charge on any atom is 0.287 e. The zero-order valence-corrected chi connectivity index (χ0v) is 12.3. The smallest absolute Gasteiger partial charge is 0.287 e. The summed E-state index contributed by atoms with van der Waals surface area (Å²) < 4.78 is 1.82. The van der Waals surface area contributed by atoms with Gasteiger partial charge in [-0.2, -0.15) is 0 Å². The van der Waals surface area contributed by atoms with Crippen molar-refractivity contribution in [1.82, 2.24) is 19.6 Å². The fraction of sp³-hybridized carbons (Fsp3) is 0.500. The lowest BCUT2D eigenvalue weighted by molar-refractivity contribution is 0.0937. The fourth-order valence-electron chi connectivity index (χ4n) is 2.88. The van der Waals surface area contributed by atoms with Gasteiger partial charge in [0.15, 0.2) is 0 Å². The predicted molar refractivity (Wildman–Crippen MR) is 82.4 cm³/mol. The van der Waals surface area contributed by atoms with Crippen molar-refractivity contribution in [3.05, 3.63) is 36.4 Å². The molecule has 0 aromatic carbocycles. The largest absolute Gasteiger partial charge is 0.348 e. The Morgan fingerprint density at radius 2 is 2.00 bits per heavy atom. The van der Waals surface area contributed by atoms with Gasteiger partial charge >= 0.3 is 0 Å². The van der Waals surface area contributed by atoms with Gasteiger partial charge in [-0.3, -0.25) is 9.20 Å². The molecule has 0 unspecified atom stereocenters. The Balaban J connectivity index is 1.54. The van der Waals surface area contributed by atoms with Crippen LogP contribution in [0.5, 0.6) is 0 Å². The van der Waals surface area contributed by atoms with Crippen LogP contribution in [0.25, 0.3) is 5.52 Å². The van der Waals surface area contributed by atoms with E-state index in [1.165, 1.54) is 25.7 Å². The van der Waals surface area contributed by atoms with Gasteiger partial charge in [-0.25, -0.2) is 4.98 Å². The Kier molecular flexibility index (Phi) is 4.50. The number of fused-ring (bicyclic) bond motifs is 1. The quantitative estimate of drug-likeness (QED) is 0.934. The maximum absolute atomic E-state index is 12.2. The standard InChI is InChI=1S/C16H22N4O/c21-16(15-18-13-14-7-3-6-11-20(14)15)17-8-12-19-9-4-1-2-5-10-19/h3,6-7,11,13H,1-2,4-5,8-10,12H2,(H,17,21). The first-order valence-corrected chi connectivity index (χ1v) is 7.77. The molecule has 1 fully saturated rings. The molecule has 2 aromatic rings. The number of hydrogen-bond donors (Lipinski definition) is 1. The highest BCUT2D eigenvalue weighted by Crippen LogP contribution is 2.09. The minimum absolute atomic E-state index is 0.101. The summed E-state index contributed by atoms with van der Waals surface area (Å²) in [5.74, 6) is 0.359. The molecule has 3 heterocycles. The summed E-state index contributed by atoms with van der Waals surface area (Å²) in [6, 6.07) is 5.79. The van der Waals surface area contributed by atoms with Gasteiger partial charge in [0.05, 0.1) is 11.7 Å². The molecule has 5 heteroatoms. The van der Waals surface area contributed by atoms with E-state index in [9.17, 15) is 4.79 Å². The molecule has 0 spiro atoms. The van der Waals surface area contributed by atoms with Gasteiger partial charge in [0.25, 0.3) is 5.91 Å². The summed E-state index contributed by atoms with van der Waals surface area (Å²) in [5, 5.41) is 2.98. The topological polar surface area (TPSA) is 49.6 Å². The summed E-state index contributed by atoms with van der Waals surface area (Å²) in [7, 11) is 0. The van der Waals surface area contributed by atoms with E-state index in [1.54, 1.807) is 6.20 Å². The van der Waals surface area contributed by atoms with Crippen LogP contribution in [0.3, 0.4) is 0 Å². The van der Waals surface area contributed by atoms with Gasteiger partial charge in [0, 0.05) is 19.3 Å². The molecule has 3 rings (SSSR count). The SMILES string of the molecule is O=C(NCCN1CCCCCC1)c1ncc2ccccn12. The van der Waals surface area contributed by atoms with Crippen molar-refractivity contribution in [3.8, 4) is 0 Å². The molecule has 112 valence electrons. The van der Waals surface area contributed by atoms with Crippen LogP contribution in [-0.2, 0) is 0 Å². The van der Waals surface area contributed by atoms with Crippen LogP contribution < -0.4 is 5.32 Å². The van der Waals surface area contributed by atoms with Crippen molar-refractivity contribution in [1.29, 1.82) is 0 Å². The molecule has 1 aliphatic rings. The van der Waals surface area contributed by atoms with Crippen molar-refractivity contribution in [2.24, 2.45) is 0 Å². The first-order chi connectivity index (χ1) is 10.3. The van der Waals surface area contributed by atoms with Crippen molar-refractivity contribution in [3.63, 3.8) is 0 Å². The lowest BCUT2D eigenvalue weighted by atomic mass is 10.2. The van der Waals surface area contributed by atoms with Gasteiger partial charge in [0.1, 0.15) is 0 Å². The van der Waals surface area contributed by atoms with E-state index in [1.807, 2.05) is 28.8 Å². The number of pyridine rings is 1. The summed E-state index contributed by atoms with van der Waals surface area (Å²) in [6.07, 6.45) is 8.82. The molecule has 1 amide bonds. The van der Waals surface area contributed by atoms with Crippen LogP contribution >= 0.6 is 0 Å². The van der Waals surface area contributed by atoms with Crippen molar-refractivity contribution in [2.45, 2.75) is 25.7 Å². The number of rotatable bonds is 4. The second kappa shape index (κ2) is 6.72. The van der Waals surface area contributed by atoms with E-state index < -0.39 is 0 Å². The Morgan fingerprint density at radius 1 is 1.19 bits per heavy atom. The zero-order chi connectivity index (χ0) is 14.5. The first kappa shape index (κ1) is 14.1. The number of carbonyl (C=O) groups is 1.